The summed E-state index contributed by atoms with van der Waals surface area (Å²) < 4.78 is 16.1. The quantitative estimate of drug-likeness (QED) is 0.822. The first-order chi connectivity index (χ1) is 12.4. The molecule has 132 valence electrons. The highest BCUT2D eigenvalue weighted by atomic mass is 35.5. The van der Waals surface area contributed by atoms with Crippen molar-refractivity contribution in [3.05, 3.63) is 58.6 Å². The van der Waals surface area contributed by atoms with Crippen molar-refractivity contribution in [2.45, 2.75) is 17.4 Å². The summed E-state index contributed by atoms with van der Waals surface area (Å²) in [6.07, 6.45) is 0.820. The predicted octanol–water partition coefficient (Wildman–Crippen LogP) is 2.94. The van der Waals surface area contributed by atoms with Crippen molar-refractivity contribution in [2.75, 3.05) is 18.0 Å². The number of nitrogens with zero attached hydrogens (tertiary/aromatic N) is 3. The molecule has 1 fully saturated rings. The number of rotatable bonds is 4. The maximum Gasteiger partial charge on any atom is 0.101 e. The van der Waals surface area contributed by atoms with E-state index in [1.54, 1.807) is 36.4 Å². The molecule has 1 N–H and O–H groups in total. The van der Waals surface area contributed by atoms with Crippen LogP contribution in [0, 0.1) is 22.7 Å². The van der Waals surface area contributed by atoms with E-state index in [2.05, 4.69) is 21.6 Å². The van der Waals surface area contributed by atoms with Crippen molar-refractivity contribution in [3.63, 3.8) is 0 Å². The zero-order valence-electron chi connectivity index (χ0n) is 14.0. The molecule has 1 unspecified atom stereocenters. The summed E-state index contributed by atoms with van der Waals surface area (Å²) in [6, 6.07) is 16.1. The molecule has 0 amide bonds. The van der Waals surface area contributed by atoms with Crippen molar-refractivity contribution < 1.29 is 4.21 Å². The molecule has 5 nitrogen and oxygen atoms in total. The monoisotopic (exact) mass is 384 g/mol. The second-order valence-electron chi connectivity index (χ2n) is 6.14. The van der Waals surface area contributed by atoms with E-state index in [1.165, 1.54) is 0 Å². The number of nitriles is 2. The van der Waals surface area contributed by atoms with Crippen LogP contribution in [0.5, 0.6) is 0 Å². The lowest BCUT2D eigenvalue weighted by molar-refractivity contribution is 0.635. The van der Waals surface area contributed by atoms with Gasteiger partial charge in [0, 0.05) is 29.7 Å². The molecule has 0 saturated carbocycles. The van der Waals surface area contributed by atoms with Gasteiger partial charge in [-0.25, -0.2) is 8.93 Å². The van der Waals surface area contributed by atoms with Crippen molar-refractivity contribution in [2.24, 2.45) is 0 Å². The molecule has 0 aliphatic carbocycles. The summed E-state index contributed by atoms with van der Waals surface area (Å²) in [5.74, 6) is 3.85. The van der Waals surface area contributed by atoms with Crippen LogP contribution in [0.25, 0.3) is 0 Å². The number of nitrogens with one attached hydrogen (secondary N) is 1. The molecule has 3 rings (SSSR count). The van der Waals surface area contributed by atoms with E-state index in [1.807, 2.05) is 12.1 Å². The summed E-state index contributed by atoms with van der Waals surface area (Å²) in [7, 11) is -2.65. The van der Waals surface area contributed by atoms with E-state index in [4.69, 9.17) is 22.1 Å². The lowest BCUT2D eigenvalue weighted by Crippen LogP contribution is -2.37. The van der Waals surface area contributed by atoms with Gasteiger partial charge >= 0.3 is 0 Å². The number of halogens is 1. The molecule has 26 heavy (non-hydrogen) atoms. The van der Waals surface area contributed by atoms with E-state index < -0.39 is 9.71 Å². The fourth-order valence-electron chi connectivity index (χ4n) is 2.97. The number of hydrogen-bond acceptors (Lipinski definition) is 4. The molecule has 2 atom stereocenters. The van der Waals surface area contributed by atoms with Crippen LogP contribution in [0.1, 0.15) is 17.5 Å². The van der Waals surface area contributed by atoms with Gasteiger partial charge in [-0.2, -0.15) is 10.5 Å². The van der Waals surface area contributed by atoms with Gasteiger partial charge < -0.3 is 4.90 Å². The Labute approximate surface area is 158 Å². The highest BCUT2D eigenvalue weighted by Crippen LogP contribution is 2.26. The van der Waals surface area contributed by atoms with Crippen LogP contribution in [0.4, 0.5) is 5.69 Å². The smallest absolute Gasteiger partial charge is 0.101 e. The topological polar surface area (TPSA) is 79.9 Å². The van der Waals surface area contributed by atoms with Gasteiger partial charge in [0.15, 0.2) is 0 Å². The molecule has 1 aliphatic rings. The molecule has 1 saturated heterocycles. The molecule has 2 aromatic rings. The van der Waals surface area contributed by atoms with E-state index in [0.717, 1.165) is 18.7 Å². The Balaban J connectivity index is 1.70. The highest BCUT2D eigenvalue weighted by Gasteiger charge is 2.25. The lowest BCUT2D eigenvalue weighted by Gasteiger charge is -2.21. The minimum Gasteiger partial charge on any atom is -0.370 e. The highest BCUT2D eigenvalue weighted by molar-refractivity contribution is 7.98. The van der Waals surface area contributed by atoms with Gasteiger partial charge in [-0.05, 0) is 54.8 Å². The average molecular weight is 385 g/mol. The van der Waals surface area contributed by atoms with Gasteiger partial charge in [0.05, 0.1) is 31.9 Å². The fourth-order valence-corrected chi connectivity index (χ4v) is 4.63. The third kappa shape index (κ3) is 3.84. The molecule has 0 bridgehead atoms. The Hall–Kier alpha value is -2.51. The molecule has 0 radical (unpaired) electrons. The van der Waals surface area contributed by atoms with Crippen LogP contribution in [0.15, 0.2) is 47.4 Å². The van der Waals surface area contributed by atoms with Crippen LogP contribution >= 0.6 is 11.6 Å². The second kappa shape index (κ2) is 7.39. The lowest BCUT2D eigenvalue weighted by atomic mass is 10.2. The minimum atomic E-state index is -2.65. The Morgan fingerprint density at radius 1 is 1.19 bits per heavy atom. The van der Waals surface area contributed by atoms with Crippen molar-refractivity contribution >= 4 is 32.9 Å². The molecule has 1 aliphatic heterocycles. The molecule has 0 aromatic heterocycles. The Morgan fingerprint density at radius 2 is 1.92 bits per heavy atom. The van der Waals surface area contributed by atoms with Crippen LogP contribution in [0.3, 0.4) is 0 Å². The third-order valence-corrected chi connectivity index (χ3v) is 6.41. The summed E-state index contributed by atoms with van der Waals surface area (Å²) in [4.78, 5) is 2.72. The molecular formula is C19H17ClN4OS. The van der Waals surface area contributed by atoms with Gasteiger partial charge in [-0.3, -0.25) is 0 Å². The Bertz CT molecular complexity index is 1000. The fraction of sp³-hybridized carbons (Fsp3) is 0.211. The normalized spacial score (nSPS) is 18.7. The maximum absolute atomic E-state index is 12.9. The van der Waals surface area contributed by atoms with Crippen molar-refractivity contribution in [1.82, 2.24) is 4.72 Å². The average Bonchev–Trinajstić information content (AvgIpc) is 3.09. The molecule has 2 aromatic carbocycles. The van der Waals surface area contributed by atoms with Crippen LogP contribution in [0.2, 0.25) is 5.02 Å². The van der Waals surface area contributed by atoms with E-state index in [9.17, 15) is 4.21 Å². The summed E-state index contributed by atoms with van der Waals surface area (Å²) in [6.45, 7) is 1.47. The molecular weight excluding hydrogens is 368 g/mol. The van der Waals surface area contributed by atoms with Gasteiger partial charge in [-0.1, -0.05) is 11.6 Å². The maximum atomic E-state index is 12.9. The zero-order valence-corrected chi connectivity index (χ0v) is 15.6. The number of hydrogen-bond donors (Lipinski definition) is 1. The van der Waals surface area contributed by atoms with Gasteiger partial charge in [0.1, 0.15) is 6.07 Å². The standard InChI is InChI=1S/C19H17ClN4OS/c1-26(25,18-6-2-14(11-21)3-7-18)23-16-8-9-24(13-16)17-5-4-15(12-22)19(20)10-17/h2-7,10,16H,1,8-9,13H2,(H,23,25)/t16-,26?/m1/s1. The Morgan fingerprint density at radius 3 is 2.54 bits per heavy atom. The predicted molar refractivity (Wildman–Crippen MR) is 105 cm³/mol. The first-order valence-electron chi connectivity index (χ1n) is 8.02. The minimum absolute atomic E-state index is 0.0186. The van der Waals surface area contributed by atoms with Crippen LogP contribution < -0.4 is 9.62 Å². The number of benzene rings is 2. The van der Waals surface area contributed by atoms with E-state index in [-0.39, 0.29) is 6.04 Å². The SMILES string of the molecule is C=S(=O)(N[C@@H]1CCN(c2ccc(C#N)c(Cl)c2)C1)c1ccc(C#N)cc1. The molecule has 1 heterocycles. The Kier molecular flexibility index (Phi) is 5.20. The van der Waals surface area contributed by atoms with E-state index >= 15 is 0 Å². The summed E-state index contributed by atoms with van der Waals surface area (Å²) in [5, 5.41) is 18.3. The van der Waals surface area contributed by atoms with Crippen molar-refractivity contribution in [1.29, 1.82) is 10.5 Å². The molecule has 7 heteroatoms. The van der Waals surface area contributed by atoms with Gasteiger partial charge in [-0.15, -0.1) is 0 Å². The zero-order chi connectivity index (χ0) is 18.7. The third-order valence-electron chi connectivity index (χ3n) is 4.35. The summed E-state index contributed by atoms with van der Waals surface area (Å²) in [5.41, 5.74) is 1.91. The van der Waals surface area contributed by atoms with Crippen LogP contribution in [-0.4, -0.2) is 29.2 Å². The number of anilines is 1. The first kappa shape index (κ1) is 18.3. The summed E-state index contributed by atoms with van der Waals surface area (Å²) >= 11 is 6.11. The van der Waals surface area contributed by atoms with Gasteiger partial charge in [0.2, 0.25) is 0 Å². The molecule has 0 spiro atoms. The largest absolute Gasteiger partial charge is 0.370 e. The van der Waals surface area contributed by atoms with Gasteiger partial charge in [0.25, 0.3) is 0 Å². The van der Waals surface area contributed by atoms with E-state index in [0.29, 0.717) is 27.6 Å². The second-order valence-corrected chi connectivity index (χ2v) is 8.60. The first-order valence-corrected chi connectivity index (χ1v) is 10.1. The van der Waals surface area contributed by atoms with Crippen molar-refractivity contribution in [3.8, 4) is 12.1 Å². The van der Waals surface area contributed by atoms with Crippen LogP contribution in [-0.2, 0) is 9.71 Å².